The predicted molar refractivity (Wildman–Crippen MR) is 93.5 cm³/mol. The normalized spacial score (nSPS) is 12.2. The molecule has 0 unspecified atom stereocenters. The molecule has 0 aromatic carbocycles. The monoisotopic (exact) mass is 346 g/mol. The Labute approximate surface area is 143 Å². The summed E-state index contributed by atoms with van der Waals surface area (Å²) in [6, 6.07) is 5.96. The van der Waals surface area contributed by atoms with Gasteiger partial charge in [-0.25, -0.2) is 4.98 Å². The van der Waals surface area contributed by atoms with E-state index < -0.39 is 0 Å². The Morgan fingerprint density at radius 3 is 3.04 bits per heavy atom. The van der Waals surface area contributed by atoms with Crippen LogP contribution in [0.15, 0.2) is 41.4 Å². The van der Waals surface area contributed by atoms with Crippen molar-refractivity contribution in [3.8, 4) is 9.88 Å². The fourth-order valence-corrected chi connectivity index (χ4v) is 3.84. The van der Waals surface area contributed by atoms with Gasteiger partial charge in [-0.1, -0.05) is 13.0 Å². The number of aromatic nitrogens is 3. The zero-order chi connectivity index (χ0) is 16.1. The van der Waals surface area contributed by atoms with E-state index in [-0.39, 0.29) is 5.91 Å². The third-order valence-corrected chi connectivity index (χ3v) is 5.26. The van der Waals surface area contributed by atoms with Crippen LogP contribution in [0.3, 0.4) is 0 Å². The highest BCUT2D eigenvalue weighted by Gasteiger charge is 2.11. The standard InChI is InChI=1S/C16H18N4OS2/c1-12(10-20-6-3-5-18-20)9-17-15(21)8-13-11-23-16(19-13)14-4-2-7-22-14/h2-7,11-12H,8-10H2,1H3,(H,17,21)/t12-/m1/s1. The fraction of sp³-hybridized carbons (Fsp3) is 0.312. The molecule has 5 nitrogen and oxygen atoms in total. The predicted octanol–water partition coefficient (Wildman–Crippen LogP) is 3.06. The van der Waals surface area contributed by atoms with E-state index in [1.807, 2.05) is 39.8 Å². The van der Waals surface area contributed by atoms with Gasteiger partial charge in [0.25, 0.3) is 0 Å². The number of nitrogens with one attached hydrogen (secondary N) is 1. The minimum Gasteiger partial charge on any atom is -0.355 e. The van der Waals surface area contributed by atoms with Gasteiger partial charge in [-0.2, -0.15) is 5.10 Å². The maximum atomic E-state index is 12.0. The molecule has 0 aliphatic rings. The summed E-state index contributed by atoms with van der Waals surface area (Å²) in [6.07, 6.45) is 4.02. The minimum atomic E-state index is 0.0142. The minimum absolute atomic E-state index is 0.0142. The first-order valence-corrected chi connectivity index (χ1v) is 9.19. The van der Waals surface area contributed by atoms with E-state index >= 15 is 0 Å². The number of hydrogen-bond acceptors (Lipinski definition) is 5. The van der Waals surface area contributed by atoms with Crippen LogP contribution >= 0.6 is 22.7 Å². The summed E-state index contributed by atoms with van der Waals surface area (Å²) < 4.78 is 1.88. The van der Waals surface area contributed by atoms with Gasteiger partial charge >= 0.3 is 0 Å². The number of carbonyl (C=O) groups excluding carboxylic acids is 1. The summed E-state index contributed by atoms with van der Waals surface area (Å²) in [5.41, 5.74) is 0.829. The van der Waals surface area contributed by atoms with Crippen LogP contribution < -0.4 is 5.32 Å². The Balaban J connectivity index is 1.46. The van der Waals surface area contributed by atoms with Gasteiger partial charge < -0.3 is 5.32 Å². The molecule has 120 valence electrons. The summed E-state index contributed by atoms with van der Waals surface area (Å²) in [5.74, 6) is 0.344. The number of thiazole rings is 1. The molecule has 1 atom stereocenters. The molecule has 0 spiro atoms. The van der Waals surface area contributed by atoms with Crippen molar-refractivity contribution in [1.29, 1.82) is 0 Å². The van der Waals surface area contributed by atoms with Gasteiger partial charge in [0.05, 0.1) is 17.0 Å². The van der Waals surface area contributed by atoms with Crippen LogP contribution in [0.4, 0.5) is 0 Å². The molecule has 1 N–H and O–H groups in total. The lowest BCUT2D eigenvalue weighted by atomic mass is 10.2. The van der Waals surface area contributed by atoms with Crippen LogP contribution in [0.2, 0.25) is 0 Å². The number of carbonyl (C=O) groups is 1. The summed E-state index contributed by atoms with van der Waals surface area (Å²) >= 11 is 3.25. The van der Waals surface area contributed by atoms with Crippen molar-refractivity contribution >= 4 is 28.6 Å². The molecular weight excluding hydrogens is 328 g/mol. The third kappa shape index (κ3) is 4.49. The first kappa shape index (κ1) is 15.9. The molecule has 0 aliphatic heterocycles. The zero-order valence-corrected chi connectivity index (χ0v) is 14.4. The Morgan fingerprint density at radius 2 is 2.30 bits per heavy atom. The maximum absolute atomic E-state index is 12.0. The van der Waals surface area contributed by atoms with Crippen molar-refractivity contribution in [2.24, 2.45) is 5.92 Å². The summed E-state index contributed by atoms with van der Waals surface area (Å²) in [5, 5.41) is 12.1. The van der Waals surface area contributed by atoms with Crippen molar-refractivity contribution < 1.29 is 4.79 Å². The Bertz CT molecular complexity index is 734. The summed E-state index contributed by atoms with van der Waals surface area (Å²) in [6.45, 7) is 3.53. The lowest BCUT2D eigenvalue weighted by Gasteiger charge is -2.12. The number of hydrogen-bond donors (Lipinski definition) is 1. The van der Waals surface area contributed by atoms with Gasteiger partial charge in [0.15, 0.2) is 0 Å². The molecule has 3 heterocycles. The van der Waals surface area contributed by atoms with Crippen LogP contribution in [0, 0.1) is 5.92 Å². The summed E-state index contributed by atoms with van der Waals surface area (Å²) in [7, 11) is 0. The first-order chi connectivity index (χ1) is 11.2. The van der Waals surface area contributed by atoms with Gasteiger partial charge in [0.2, 0.25) is 5.91 Å². The van der Waals surface area contributed by atoms with Crippen molar-refractivity contribution in [2.75, 3.05) is 6.54 Å². The molecule has 0 saturated heterocycles. The smallest absolute Gasteiger partial charge is 0.226 e. The molecule has 0 radical (unpaired) electrons. The SMILES string of the molecule is C[C@H](CNC(=O)Cc1csc(-c2cccs2)n1)Cn1cccn1. The second-order valence-electron chi connectivity index (χ2n) is 5.44. The highest BCUT2D eigenvalue weighted by Crippen LogP contribution is 2.27. The molecule has 1 amide bonds. The van der Waals surface area contributed by atoms with E-state index in [0.717, 1.165) is 22.1 Å². The first-order valence-electron chi connectivity index (χ1n) is 7.43. The van der Waals surface area contributed by atoms with Crippen molar-refractivity contribution in [2.45, 2.75) is 19.9 Å². The molecule has 0 fully saturated rings. The molecule has 7 heteroatoms. The van der Waals surface area contributed by atoms with E-state index in [2.05, 4.69) is 22.3 Å². The highest BCUT2D eigenvalue weighted by molar-refractivity contribution is 7.20. The molecule has 3 aromatic rings. The quantitative estimate of drug-likeness (QED) is 0.715. The Hall–Kier alpha value is -1.99. The summed E-state index contributed by atoms with van der Waals surface area (Å²) in [4.78, 5) is 17.7. The molecule has 0 saturated carbocycles. The molecule has 23 heavy (non-hydrogen) atoms. The lowest BCUT2D eigenvalue weighted by molar-refractivity contribution is -0.120. The second kappa shape index (κ2) is 7.52. The average Bonchev–Trinajstić information content (AvgIpc) is 3.27. The van der Waals surface area contributed by atoms with E-state index in [0.29, 0.717) is 18.9 Å². The van der Waals surface area contributed by atoms with Crippen LogP contribution in [0.1, 0.15) is 12.6 Å². The van der Waals surface area contributed by atoms with E-state index in [9.17, 15) is 4.79 Å². The Kier molecular flexibility index (Phi) is 5.19. The molecule has 0 bridgehead atoms. The van der Waals surface area contributed by atoms with Gasteiger partial charge in [-0.15, -0.1) is 22.7 Å². The number of amides is 1. The topological polar surface area (TPSA) is 59.8 Å². The average molecular weight is 346 g/mol. The molecule has 3 aromatic heterocycles. The van der Waals surface area contributed by atoms with Gasteiger partial charge in [0.1, 0.15) is 5.01 Å². The number of thiophene rings is 1. The van der Waals surface area contributed by atoms with Crippen molar-refractivity contribution in [3.63, 3.8) is 0 Å². The van der Waals surface area contributed by atoms with Gasteiger partial charge in [-0.3, -0.25) is 9.48 Å². The van der Waals surface area contributed by atoms with Crippen molar-refractivity contribution in [1.82, 2.24) is 20.1 Å². The fourth-order valence-electron chi connectivity index (χ4n) is 2.21. The zero-order valence-electron chi connectivity index (χ0n) is 12.8. The largest absolute Gasteiger partial charge is 0.355 e. The third-order valence-electron chi connectivity index (χ3n) is 3.33. The van der Waals surface area contributed by atoms with Gasteiger partial charge in [0, 0.05) is 30.9 Å². The molecule has 0 aliphatic carbocycles. The van der Waals surface area contributed by atoms with Gasteiger partial charge in [-0.05, 0) is 23.4 Å². The van der Waals surface area contributed by atoms with E-state index in [1.54, 1.807) is 28.9 Å². The van der Waals surface area contributed by atoms with E-state index in [1.165, 1.54) is 0 Å². The second-order valence-corrected chi connectivity index (χ2v) is 7.24. The number of nitrogens with zero attached hydrogens (tertiary/aromatic N) is 3. The van der Waals surface area contributed by atoms with Crippen LogP contribution in [-0.2, 0) is 17.8 Å². The Morgan fingerprint density at radius 1 is 1.39 bits per heavy atom. The molecular formula is C16H18N4OS2. The van der Waals surface area contributed by atoms with Crippen LogP contribution in [-0.4, -0.2) is 27.2 Å². The lowest BCUT2D eigenvalue weighted by Crippen LogP contribution is -2.31. The van der Waals surface area contributed by atoms with Crippen molar-refractivity contribution in [3.05, 3.63) is 47.0 Å². The van der Waals surface area contributed by atoms with Crippen LogP contribution in [0.25, 0.3) is 9.88 Å². The van der Waals surface area contributed by atoms with Crippen LogP contribution in [0.5, 0.6) is 0 Å². The number of rotatable bonds is 7. The molecule has 3 rings (SSSR count). The highest BCUT2D eigenvalue weighted by atomic mass is 32.1. The van der Waals surface area contributed by atoms with E-state index in [4.69, 9.17) is 0 Å². The maximum Gasteiger partial charge on any atom is 0.226 e.